The third-order valence-corrected chi connectivity index (χ3v) is 4.13. The highest BCUT2D eigenvalue weighted by molar-refractivity contribution is 5.72. The highest BCUT2D eigenvalue weighted by Gasteiger charge is 2.55. The molecule has 0 aromatic rings. The van der Waals surface area contributed by atoms with Gasteiger partial charge in [-0.2, -0.15) is 0 Å². The van der Waals surface area contributed by atoms with Crippen LogP contribution in [-0.4, -0.2) is 35.2 Å². The molecule has 2 fully saturated rings. The predicted octanol–water partition coefficient (Wildman–Crippen LogP) is 1.22. The van der Waals surface area contributed by atoms with E-state index in [0.717, 1.165) is 19.4 Å². The van der Waals surface area contributed by atoms with Gasteiger partial charge < -0.3 is 15.7 Å². The van der Waals surface area contributed by atoms with Crippen LogP contribution in [0, 0.1) is 11.3 Å². The zero-order valence-corrected chi connectivity index (χ0v) is 11.3. The monoisotopic (exact) mass is 240 g/mol. The van der Waals surface area contributed by atoms with Crippen molar-refractivity contribution in [2.45, 2.75) is 51.6 Å². The Bertz CT molecular complexity index is 320. The first kappa shape index (κ1) is 12.8. The van der Waals surface area contributed by atoms with Crippen molar-refractivity contribution in [2.75, 3.05) is 13.1 Å². The lowest BCUT2D eigenvalue weighted by molar-refractivity contribution is -0.146. The SMILES string of the molecule is CC1(C)CC2(CNCC2C(=O)O)CC(C)(C)N1. The van der Waals surface area contributed by atoms with Crippen molar-refractivity contribution in [3.05, 3.63) is 0 Å². The van der Waals surface area contributed by atoms with Gasteiger partial charge in [0.05, 0.1) is 5.92 Å². The Kier molecular flexibility index (Phi) is 2.79. The molecular formula is C13H24N2O2. The van der Waals surface area contributed by atoms with E-state index < -0.39 is 5.97 Å². The van der Waals surface area contributed by atoms with Gasteiger partial charge in [0.25, 0.3) is 0 Å². The molecule has 4 heteroatoms. The van der Waals surface area contributed by atoms with E-state index in [4.69, 9.17) is 0 Å². The molecule has 2 rings (SSSR count). The number of carbonyl (C=O) groups is 1. The molecule has 0 saturated carbocycles. The second-order valence-corrected chi connectivity index (χ2v) is 7.13. The van der Waals surface area contributed by atoms with Crippen LogP contribution < -0.4 is 10.6 Å². The molecule has 1 atom stereocenters. The maximum Gasteiger partial charge on any atom is 0.308 e. The lowest BCUT2D eigenvalue weighted by Crippen LogP contribution is -2.63. The molecule has 98 valence electrons. The van der Waals surface area contributed by atoms with Gasteiger partial charge in [0, 0.05) is 29.6 Å². The van der Waals surface area contributed by atoms with Crippen LogP contribution in [0.4, 0.5) is 0 Å². The number of piperidine rings is 1. The molecule has 0 aromatic heterocycles. The molecule has 2 heterocycles. The number of aliphatic carboxylic acids is 1. The van der Waals surface area contributed by atoms with E-state index in [2.05, 4.69) is 38.3 Å². The highest BCUT2D eigenvalue weighted by Crippen LogP contribution is 2.48. The molecular weight excluding hydrogens is 216 g/mol. The molecule has 0 bridgehead atoms. The van der Waals surface area contributed by atoms with E-state index in [9.17, 15) is 9.90 Å². The van der Waals surface area contributed by atoms with Crippen molar-refractivity contribution in [1.82, 2.24) is 10.6 Å². The maximum absolute atomic E-state index is 11.4. The normalized spacial score (nSPS) is 33.8. The van der Waals surface area contributed by atoms with Crippen molar-refractivity contribution in [1.29, 1.82) is 0 Å². The van der Waals surface area contributed by atoms with Gasteiger partial charge in [0.1, 0.15) is 0 Å². The Hall–Kier alpha value is -0.610. The van der Waals surface area contributed by atoms with Crippen molar-refractivity contribution >= 4 is 5.97 Å². The van der Waals surface area contributed by atoms with Crippen molar-refractivity contribution in [2.24, 2.45) is 11.3 Å². The minimum atomic E-state index is -0.650. The zero-order valence-electron chi connectivity index (χ0n) is 11.3. The smallest absolute Gasteiger partial charge is 0.308 e. The largest absolute Gasteiger partial charge is 0.481 e. The van der Waals surface area contributed by atoms with Gasteiger partial charge in [-0.15, -0.1) is 0 Å². The average Bonchev–Trinajstić information content (AvgIpc) is 2.40. The van der Waals surface area contributed by atoms with Crippen molar-refractivity contribution in [3.8, 4) is 0 Å². The van der Waals surface area contributed by atoms with Gasteiger partial charge in [-0.1, -0.05) is 0 Å². The molecule has 2 aliphatic heterocycles. The summed E-state index contributed by atoms with van der Waals surface area (Å²) in [4.78, 5) is 11.4. The third kappa shape index (κ3) is 2.33. The highest BCUT2D eigenvalue weighted by atomic mass is 16.4. The Labute approximate surface area is 103 Å². The summed E-state index contributed by atoms with van der Waals surface area (Å²) < 4.78 is 0. The minimum Gasteiger partial charge on any atom is -0.481 e. The average molecular weight is 240 g/mol. The molecule has 1 spiro atoms. The first-order valence-electron chi connectivity index (χ1n) is 6.39. The summed E-state index contributed by atoms with van der Waals surface area (Å²) in [5.41, 5.74) is -0.0903. The first-order chi connectivity index (χ1) is 7.66. The maximum atomic E-state index is 11.4. The number of carboxylic acids is 1. The lowest BCUT2D eigenvalue weighted by atomic mass is 9.61. The number of carboxylic acid groups (broad SMARTS) is 1. The van der Waals surface area contributed by atoms with Gasteiger partial charge >= 0.3 is 5.97 Å². The summed E-state index contributed by atoms with van der Waals surface area (Å²) in [6, 6.07) is 0. The van der Waals surface area contributed by atoms with Crippen LogP contribution in [0.2, 0.25) is 0 Å². The van der Waals surface area contributed by atoms with E-state index in [-0.39, 0.29) is 22.4 Å². The number of hydrogen-bond acceptors (Lipinski definition) is 3. The summed E-state index contributed by atoms with van der Waals surface area (Å²) in [6.45, 7) is 10.1. The predicted molar refractivity (Wildman–Crippen MR) is 67.0 cm³/mol. The molecule has 2 aliphatic rings. The summed E-state index contributed by atoms with van der Waals surface area (Å²) in [5, 5.41) is 16.3. The summed E-state index contributed by atoms with van der Waals surface area (Å²) in [5.74, 6) is -0.897. The van der Waals surface area contributed by atoms with Crippen LogP contribution in [0.5, 0.6) is 0 Å². The molecule has 17 heavy (non-hydrogen) atoms. The van der Waals surface area contributed by atoms with Crippen LogP contribution in [0.3, 0.4) is 0 Å². The Morgan fingerprint density at radius 3 is 2.18 bits per heavy atom. The summed E-state index contributed by atoms with van der Waals surface area (Å²) in [7, 11) is 0. The van der Waals surface area contributed by atoms with E-state index in [1.54, 1.807) is 0 Å². The van der Waals surface area contributed by atoms with E-state index in [0.29, 0.717) is 6.54 Å². The van der Waals surface area contributed by atoms with Gasteiger partial charge in [0.2, 0.25) is 0 Å². The Morgan fingerprint density at radius 2 is 1.71 bits per heavy atom. The molecule has 0 amide bonds. The minimum absolute atomic E-state index is 0.00146. The molecule has 0 radical (unpaired) electrons. The molecule has 4 nitrogen and oxygen atoms in total. The first-order valence-corrected chi connectivity index (χ1v) is 6.39. The second kappa shape index (κ2) is 3.69. The van der Waals surface area contributed by atoms with E-state index >= 15 is 0 Å². The summed E-state index contributed by atoms with van der Waals surface area (Å²) in [6.07, 6.45) is 1.85. The fraction of sp³-hybridized carbons (Fsp3) is 0.923. The van der Waals surface area contributed by atoms with Crippen LogP contribution >= 0.6 is 0 Å². The number of rotatable bonds is 1. The van der Waals surface area contributed by atoms with Gasteiger partial charge in [0.15, 0.2) is 0 Å². The lowest BCUT2D eigenvalue weighted by Gasteiger charge is -2.53. The van der Waals surface area contributed by atoms with Gasteiger partial charge in [-0.25, -0.2) is 0 Å². The van der Waals surface area contributed by atoms with Crippen LogP contribution in [0.1, 0.15) is 40.5 Å². The van der Waals surface area contributed by atoms with E-state index in [1.165, 1.54) is 0 Å². The molecule has 0 aromatic carbocycles. The second-order valence-electron chi connectivity index (χ2n) is 7.13. The topological polar surface area (TPSA) is 61.4 Å². The number of hydrogen-bond donors (Lipinski definition) is 3. The molecule has 3 N–H and O–H groups in total. The van der Waals surface area contributed by atoms with E-state index in [1.807, 2.05) is 0 Å². The van der Waals surface area contributed by atoms with Crippen LogP contribution in [0.25, 0.3) is 0 Å². The van der Waals surface area contributed by atoms with Gasteiger partial charge in [-0.05, 0) is 40.5 Å². The fourth-order valence-electron chi connectivity index (χ4n) is 4.35. The van der Waals surface area contributed by atoms with Crippen molar-refractivity contribution < 1.29 is 9.90 Å². The quantitative estimate of drug-likeness (QED) is 0.645. The van der Waals surface area contributed by atoms with Gasteiger partial charge in [-0.3, -0.25) is 4.79 Å². The zero-order chi connectivity index (χ0) is 12.9. The number of nitrogens with one attached hydrogen (secondary N) is 2. The molecule has 1 unspecified atom stereocenters. The van der Waals surface area contributed by atoms with Crippen LogP contribution in [-0.2, 0) is 4.79 Å². The standard InChI is InChI=1S/C13H24N2O2/c1-11(2)6-13(7-12(3,4)15-11)8-14-5-9(13)10(16)17/h9,14-15H,5-8H2,1-4H3,(H,16,17). The Morgan fingerprint density at radius 1 is 1.18 bits per heavy atom. The molecule has 0 aliphatic carbocycles. The Balaban J connectivity index is 2.33. The third-order valence-electron chi connectivity index (χ3n) is 4.13. The fourth-order valence-corrected chi connectivity index (χ4v) is 4.35. The summed E-state index contributed by atoms with van der Waals surface area (Å²) >= 11 is 0. The van der Waals surface area contributed by atoms with Crippen molar-refractivity contribution in [3.63, 3.8) is 0 Å². The van der Waals surface area contributed by atoms with Crippen LogP contribution in [0.15, 0.2) is 0 Å². The molecule has 2 saturated heterocycles.